The van der Waals surface area contributed by atoms with Gasteiger partial charge in [0.15, 0.2) is 0 Å². The maximum absolute atomic E-state index is 11.9. The van der Waals surface area contributed by atoms with Gasteiger partial charge in [0, 0.05) is 6.04 Å². The molecular weight excluding hydrogens is 206 g/mol. The molecule has 16 heavy (non-hydrogen) atoms. The van der Waals surface area contributed by atoms with Crippen molar-refractivity contribution >= 4 is 5.91 Å². The van der Waals surface area contributed by atoms with Gasteiger partial charge in [0.25, 0.3) is 0 Å². The normalized spacial score (nSPS) is 19.3. The zero-order chi connectivity index (χ0) is 11.4. The number of hydrogen-bond acceptors (Lipinski definition) is 4. The molecule has 1 aromatic rings. The van der Waals surface area contributed by atoms with Crippen LogP contribution in [0.2, 0.25) is 0 Å². The van der Waals surface area contributed by atoms with E-state index in [-0.39, 0.29) is 11.9 Å². The summed E-state index contributed by atoms with van der Waals surface area (Å²) >= 11 is 0. The Labute approximate surface area is 94.4 Å². The molecule has 2 N–H and O–H groups in total. The lowest BCUT2D eigenvalue weighted by molar-refractivity contribution is -0.125. The molecule has 1 aliphatic rings. The number of amides is 1. The molecule has 0 saturated carbocycles. The zero-order valence-electron chi connectivity index (χ0n) is 9.39. The molecule has 1 atom stereocenters. The van der Waals surface area contributed by atoms with Crippen LogP contribution in [0.3, 0.4) is 0 Å². The van der Waals surface area contributed by atoms with Crippen molar-refractivity contribution in [2.75, 3.05) is 13.1 Å². The molecule has 1 amide bonds. The minimum atomic E-state index is -0.294. The first-order valence-electron chi connectivity index (χ1n) is 5.62. The van der Waals surface area contributed by atoms with E-state index in [9.17, 15) is 4.79 Å². The van der Waals surface area contributed by atoms with Gasteiger partial charge in [-0.05, 0) is 32.9 Å². The highest BCUT2D eigenvalue weighted by Crippen LogP contribution is 2.06. The van der Waals surface area contributed by atoms with Crippen molar-refractivity contribution in [2.45, 2.75) is 31.8 Å². The Balaban J connectivity index is 1.87. The van der Waals surface area contributed by atoms with E-state index < -0.39 is 0 Å². The number of piperidine rings is 1. The van der Waals surface area contributed by atoms with Crippen molar-refractivity contribution in [3.8, 4) is 0 Å². The van der Waals surface area contributed by atoms with Gasteiger partial charge in [-0.2, -0.15) is 5.10 Å². The first-order chi connectivity index (χ1) is 7.77. The van der Waals surface area contributed by atoms with Crippen molar-refractivity contribution in [2.24, 2.45) is 0 Å². The van der Waals surface area contributed by atoms with Crippen LogP contribution in [0.1, 0.15) is 25.8 Å². The molecule has 1 aromatic heterocycles. The number of carbonyl (C=O) groups is 1. The molecule has 0 spiro atoms. The molecule has 0 aliphatic carbocycles. The Kier molecular flexibility index (Phi) is 3.51. The Morgan fingerprint density at radius 3 is 2.94 bits per heavy atom. The number of hydrogen-bond donors (Lipinski definition) is 2. The Morgan fingerprint density at radius 1 is 1.56 bits per heavy atom. The molecule has 6 nitrogen and oxygen atoms in total. The summed E-state index contributed by atoms with van der Waals surface area (Å²) < 4.78 is 1.57. The van der Waals surface area contributed by atoms with Crippen LogP contribution in [0.25, 0.3) is 0 Å². The lowest BCUT2D eigenvalue weighted by Crippen LogP contribution is -2.44. The second-order valence-corrected chi connectivity index (χ2v) is 4.08. The first kappa shape index (κ1) is 11.1. The van der Waals surface area contributed by atoms with Gasteiger partial charge >= 0.3 is 0 Å². The van der Waals surface area contributed by atoms with Crippen molar-refractivity contribution in [3.63, 3.8) is 0 Å². The third kappa shape index (κ3) is 2.57. The van der Waals surface area contributed by atoms with Crippen molar-refractivity contribution in [1.29, 1.82) is 0 Å². The molecule has 1 unspecified atom stereocenters. The summed E-state index contributed by atoms with van der Waals surface area (Å²) in [6.07, 6.45) is 4.99. The van der Waals surface area contributed by atoms with Crippen LogP contribution in [0.4, 0.5) is 0 Å². The standard InChI is InChI=1S/C10H17N5O/c1-8(15-7-12-6-13-15)10(16)14-9-2-4-11-5-3-9/h6-9,11H,2-5H2,1H3,(H,14,16). The summed E-state index contributed by atoms with van der Waals surface area (Å²) in [5.41, 5.74) is 0. The molecule has 6 heteroatoms. The SMILES string of the molecule is CC(C(=O)NC1CCNCC1)n1cncn1. The number of aromatic nitrogens is 3. The third-order valence-corrected chi connectivity index (χ3v) is 2.90. The van der Waals surface area contributed by atoms with Crippen LogP contribution in [0, 0.1) is 0 Å². The zero-order valence-corrected chi connectivity index (χ0v) is 9.39. The summed E-state index contributed by atoms with van der Waals surface area (Å²) in [7, 11) is 0. The number of rotatable bonds is 3. The van der Waals surface area contributed by atoms with Crippen molar-refractivity contribution in [1.82, 2.24) is 25.4 Å². The second-order valence-electron chi connectivity index (χ2n) is 4.08. The summed E-state index contributed by atoms with van der Waals surface area (Å²) in [6.45, 7) is 3.77. The highest BCUT2D eigenvalue weighted by atomic mass is 16.2. The van der Waals surface area contributed by atoms with Gasteiger partial charge in [-0.25, -0.2) is 9.67 Å². The molecule has 1 aliphatic heterocycles. The molecular formula is C10H17N5O. The molecule has 1 saturated heterocycles. The van der Waals surface area contributed by atoms with Gasteiger partial charge in [-0.3, -0.25) is 4.79 Å². The minimum Gasteiger partial charge on any atom is -0.351 e. The largest absolute Gasteiger partial charge is 0.351 e. The minimum absolute atomic E-state index is 0.0115. The number of nitrogens with one attached hydrogen (secondary N) is 2. The average molecular weight is 223 g/mol. The predicted octanol–water partition coefficient (Wildman–Crippen LogP) is -0.293. The second kappa shape index (κ2) is 5.07. The summed E-state index contributed by atoms with van der Waals surface area (Å²) in [5, 5.41) is 10.3. The van der Waals surface area contributed by atoms with Gasteiger partial charge in [-0.15, -0.1) is 0 Å². The van der Waals surface area contributed by atoms with Gasteiger partial charge in [-0.1, -0.05) is 0 Å². The van der Waals surface area contributed by atoms with Gasteiger partial charge in [0.1, 0.15) is 18.7 Å². The Bertz CT molecular complexity index is 331. The van der Waals surface area contributed by atoms with E-state index in [2.05, 4.69) is 20.7 Å². The Morgan fingerprint density at radius 2 is 2.31 bits per heavy atom. The molecule has 2 rings (SSSR count). The van der Waals surface area contributed by atoms with E-state index in [1.807, 2.05) is 6.92 Å². The first-order valence-corrected chi connectivity index (χ1v) is 5.62. The van der Waals surface area contributed by atoms with Crippen LogP contribution >= 0.6 is 0 Å². The molecule has 88 valence electrons. The van der Waals surface area contributed by atoms with Crippen LogP contribution in [0.5, 0.6) is 0 Å². The van der Waals surface area contributed by atoms with E-state index in [1.165, 1.54) is 6.33 Å². The lowest BCUT2D eigenvalue weighted by atomic mass is 10.1. The van der Waals surface area contributed by atoms with E-state index in [4.69, 9.17) is 0 Å². The smallest absolute Gasteiger partial charge is 0.244 e. The summed E-state index contributed by atoms with van der Waals surface area (Å²) in [5.74, 6) is 0.0115. The lowest BCUT2D eigenvalue weighted by Gasteiger charge is -2.25. The van der Waals surface area contributed by atoms with E-state index >= 15 is 0 Å². The van der Waals surface area contributed by atoms with Crippen LogP contribution in [-0.2, 0) is 4.79 Å². The monoisotopic (exact) mass is 223 g/mol. The highest BCUT2D eigenvalue weighted by Gasteiger charge is 2.20. The summed E-state index contributed by atoms with van der Waals surface area (Å²) in [6, 6.07) is -0.00268. The van der Waals surface area contributed by atoms with Crippen molar-refractivity contribution in [3.05, 3.63) is 12.7 Å². The molecule has 0 bridgehead atoms. The number of nitrogens with zero attached hydrogens (tertiary/aromatic N) is 3. The molecule has 0 radical (unpaired) electrons. The maximum Gasteiger partial charge on any atom is 0.244 e. The average Bonchev–Trinajstić information content (AvgIpc) is 2.83. The number of carbonyl (C=O) groups excluding carboxylic acids is 1. The van der Waals surface area contributed by atoms with E-state index in [0.717, 1.165) is 25.9 Å². The fraction of sp³-hybridized carbons (Fsp3) is 0.700. The topological polar surface area (TPSA) is 71.8 Å². The summed E-state index contributed by atoms with van der Waals surface area (Å²) in [4.78, 5) is 15.7. The van der Waals surface area contributed by atoms with Gasteiger partial charge < -0.3 is 10.6 Å². The third-order valence-electron chi connectivity index (χ3n) is 2.90. The Hall–Kier alpha value is -1.43. The molecule has 1 fully saturated rings. The van der Waals surface area contributed by atoms with E-state index in [1.54, 1.807) is 11.0 Å². The van der Waals surface area contributed by atoms with Gasteiger partial charge in [0.2, 0.25) is 5.91 Å². The fourth-order valence-corrected chi connectivity index (χ4v) is 1.83. The predicted molar refractivity (Wildman–Crippen MR) is 58.8 cm³/mol. The fourth-order valence-electron chi connectivity index (χ4n) is 1.83. The van der Waals surface area contributed by atoms with Crippen LogP contribution < -0.4 is 10.6 Å². The van der Waals surface area contributed by atoms with E-state index in [0.29, 0.717) is 6.04 Å². The van der Waals surface area contributed by atoms with Gasteiger partial charge in [0.05, 0.1) is 0 Å². The van der Waals surface area contributed by atoms with Crippen LogP contribution in [0.15, 0.2) is 12.7 Å². The highest BCUT2D eigenvalue weighted by molar-refractivity contribution is 5.80. The van der Waals surface area contributed by atoms with Crippen molar-refractivity contribution < 1.29 is 4.79 Å². The quantitative estimate of drug-likeness (QED) is 0.738. The molecule has 0 aromatic carbocycles. The maximum atomic E-state index is 11.9. The molecule has 2 heterocycles. The van der Waals surface area contributed by atoms with Crippen LogP contribution in [-0.4, -0.2) is 39.8 Å².